The van der Waals surface area contributed by atoms with Gasteiger partial charge in [-0.3, -0.25) is 9.98 Å². The Balaban J connectivity index is 1.56. The molecule has 0 atom stereocenters. The number of aromatic amines is 1. The maximum atomic E-state index is 4.52. The molecule has 3 heterocycles. The number of nitrogens with one attached hydrogen (secondary N) is 2. The van der Waals surface area contributed by atoms with Crippen LogP contribution in [0.5, 0.6) is 0 Å². The third-order valence-electron chi connectivity index (χ3n) is 4.13. The van der Waals surface area contributed by atoms with Gasteiger partial charge >= 0.3 is 0 Å². The van der Waals surface area contributed by atoms with Gasteiger partial charge in [0.1, 0.15) is 0 Å². The standard InChI is InChI=1S/C19H20N4S/c1-2-7-15-14(6-1)19(18(23-15)16-8-3-4-10-20-16)24-13-12-22-17-9-5-11-21-17/h1-4,6-8,10,23H,5,9,11-13H2,(H,21,22). The minimum atomic E-state index is 0.935. The lowest BCUT2D eigenvalue weighted by atomic mass is 10.2. The topological polar surface area (TPSA) is 53.1 Å². The smallest absolute Gasteiger partial charge is 0.0963 e. The predicted octanol–water partition coefficient (Wildman–Crippen LogP) is 4.10. The van der Waals surface area contributed by atoms with E-state index in [1.165, 1.54) is 22.5 Å². The number of amidine groups is 1. The van der Waals surface area contributed by atoms with E-state index in [9.17, 15) is 0 Å². The number of H-pyrrole nitrogens is 1. The van der Waals surface area contributed by atoms with Gasteiger partial charge in [-0.05, 0) is 24.6 Å². The predicted molar refractivity (Wildman–Crippen MR) is 102 cm³/mol. The number of thioether (sulfide) groups is 1. The van der Waals surface area contributed by atoms with E-state index in [-0.39, 0.29) is 0 Å². The Morgan fingerprint density at radius 2 is 2.04 bits per heavy atom. The van der Waals surface area contributed by atoms with Crippen LogP contribution < -0.4 is 5.32 Å². The molecule has 24 heavy (non-hydrogen) atoms. The maximum absolute atomic E-state index is 4.52. The van der Waals surface area contributed by atoms with Gasteiger partial charge in [-0.1, -0.05) is 24.3 Å². The summed E-state index contributed by atoms with van der Waals surface area (Å²) in [6.45, 7) is 1.91. The SMILES string of the molecule is c1ccc(-c2[nH]c3ccccc3c2SCCNC2=NCCC2)nc1. The monoisotopic (exact) mass is 336 g/mol. The van der Waals surface area contributed by atoms with Gasteiger partial charge in [0.05, 0.1) is 17.2 Å². The van der Waals surface area contributed by atoms with Crippen molar-refractivity contribution in [3.05, 3.63) is 48.7 Å². The average molecular weight is 336 g/mol. The molecule has 4 rings (SSSR count). The molecular formula is C19H20N4S. The van der Waals surface area contributed by atoms with E-state index < -0.39 is 0 Å². The molecule has 4 nitrogen and oxygen atoms in total. The molecular weight excluding hydrogens is 316 g/mol. The molecule has 1 aliphatic heterocycles. The van der Waals surface area contributed by atoms with Gasteiger partial charge in [-0.15, -0.1) is 11.8 Å². The number of nitrogens with zero attached hydrogens (tertiary/aromatic N) is 2. The molecule has 1 aliphatic rings. The fourth-order valence-electron chi connectivity index (χ4n) is 2.99. The average Bonchev–Trinajstić information content (AvgIpc) is 3.27. The lowest BCUT2D eigenvalue weighted by Crippen LogP contribution is -2.23. The van der Waals surface area contributed by atoms with Crippen molar-refractivity contribution in [3.8, 4) is 11.4 Å². The molecule has 0 saturated carbocycles. The van der Waals surface area contributed by atoms with Crippen molar-refractivity contribution in [2.45, 2.75) is 17.7 Å². The minimum absolute atomic E-state index is 0.935. The molecule has 0 radical (unpaired) electrons. The van der Waals surface area contributed by atoms with Crippen molar-refractivity contribution >= 4 is 28.5 Å². The molecule has 3 aromatic rings. The van der Waals surface area contributed by atoms with Crippen molar-refractivity contribution in [2.75, 3.05) is 18.8 Å². The van der Waals surface area contributed by atoms with Crippen molar-refractivity contribution < 1.29 is 0 Å². The van der Waals surface area contributed by atoms with Crippen LogP contribution >= 0.6 is 11.8 Å². The summed E-state index contributed by atoms with van der Waals surface area (Å²) >= 11 is 1.87. The third kappa shape index (κ3) is 3.17. The van der Waals surface area contributed by atoms with E-state index >= 15 is 0 Å². The van der Waals surface area contributed by atoms with Crippen LogP contribution in [0.3, 0.4) is 0 Å². The summed E-state index contributed by atoms with van der Waals surface area (Å²) in [4.78, 5) is 13.8. The van der Waals surface area contributed by atoms with E-state index in [0.29, 0.717) is 0 Å². The van der Waals surface area contributed by atoms with Crippen LogP contribution in [0.15, 0.2) is 58.5 Å². The van der Waals surface area contributed by atoms with E-state index in [2.05, 4.69) is 50.6 Å². The molecule has 122 valence electrons. The van der Waals surface area contributed by atoms with E-state index in [0.717, 1.165) is 42.2 Å². The fraction of sp³-hybridized carbons (Fsp3) is 0.263. The van der Waals surface area contributed by atoms with Crippen LogP contribution in [0.1, 0.15) is 12.8 Å². The van der Waals surface area contributed by atoms with Gasteiger partial charge < -0.3 is 10.3 Å². The Morgan fingerprint density at radius 3 is 2.88 bits per heavy atom. The zero-order valence-electron chi connectivity index (χ0n) is 13.5. The summed E-state index contributed by atoms with van der Waals surface area (Å²) in [7, 11) is 0. The summed E-state index contributed by atoms with van der Waals surface area (Å²) in [5.41, 5.74) is 3.26. The number of aliphatic imine (C=N–C) groups is 1. The number of rotatable bonds is 5. The lowest BCUT2D eigenvalue weighted by Gasteiger charge is -2.07. The molecule has 0 fully saturated rings. The largest absolute Gasteiger partial charge is 0.373 e. The molecule has 0 bridgehead atoms. The molecule has 5 heteroatoms. The molecule has 0 amide bonds. The van der Waals surface area contributed by atoms with Crippen molar-refractivity contribution in [2.24, 2.45) is 4.99 Å². The second kappa shape index (κ2) is 7.09. The summed E-state index contributed by atoms with van der Waals surface area (Å²) in [6, 6.07) is 14.5. The van der Waals surface area contributed by atoms with Crippen LogP contribution in [-0.2, 0) is 0 Å². The van der Waals surface area contributed by atoms with E-state index in [1.807, 2.05) is 30.1 Å². The molecule has 0 aliphatic carbocycles. The first kappa shape index (κ1) is 15.3. The van der Waals surface area contributed by atoms with Gasteiger partial charge in [0.25, 0.3) is 0 Å². The molecule has 2 aromatic heterocycles. The van der Waals surface area contributed by atoms with Crippen molar-refractivity contribution in [1.29, 1.82) is 0 Å². The zero-order valence-corrected chi connectivity index (χ0v) is 14.3. The summed E-state index contributed by atoms with van der Waals surface area (Å²) in [5, 5.41) is 4.72. The maximum Gasteiger partial charge on any atom is 0.0963 e. The number of pyridine rings is 1. The quantitative estimate of drug-likeness (QED) is 0.545. The third-order valence-corrected chi connectivity index (χ3v) is 5.25. The van der Waals surface area contributed by atoms with Gasteiger partial charge in [0.2, 0.25) is 0 Å². The van der Waals surface area contributed by atoms with Gasteiger partial charge in [0.15, 0.2) is 0 Å². The number of benzene rings is 1. The number of para-hydroxylation sites is 1. The van der Waals surface area contributed by atoms with Crippen molar-refractivity contribution in [1.82, 2.24) is 15.3 Å². The van der Waals surface area contributed by atoms with Gasteiger partial charge in [-0.25, -0.2) is 0 Å². The Hall–Kier alpha value is -2.27. The lowest BCUT2D eigenvalue weighted by molar-refractivity contribution is 0.925. The number of hydrogen-bond donors (Lipinski definition) is 2. The number of aromatic nitrogens is 2. The summed E-state index contributed by atoms with van der Waals surface area (Å²) in [5.74, 6) is 2.17. The Labute approximate surface area is 145 Å². The van der Waals surface area contributed by atoms with E-state index in [4.69, 9.17) is 0 Å². The zero-order chi connectivity index (χ0) is 16.2. The van der Waals surface area contributed by atoms with Crippen LogP contribution in [0.4, 0.5) is 0 Å². The van der Waals surface area contributed by atoms with Crippen LogP contribution in [0.2, 0.25) is 0 Å². The molecule has 0 spiro atoms. The minimum Gasteiger partial charge on any atom is -0.373 e. The first-order chi connectivity index (χ1) is 11.9. The van der Waals surface area contributed by atoms with Gasteiger partial charge in [-0.2, -0.15) is 0 Å². The van der Waals surface area contributed by atoms with Crippen LogP contribution in [-0.4, -0.2) is 34.6 Å². The molecule has 1 aromatic carbocycles. The highest BCUT2D eigenvalue weighted by Gasteiger charge is 2.14. The Kier molecular flexibility index (Phi) is 4.51. The molecule has 2 N–H and O–H groups in total. The van der Waals surface area contributed by atoms with Crippen molar-refractivity contribution in [3.63, 3.8) is 0 Å². The van der Waals surface area contributed by atoms with Gasteiger partial charge in [0, 0.05) is 47.3 Å². The van der Waals surface area contributed by atoms with Crippen LogP contribution in [0.25, 0.3) is 22.3 Å². The number of fused-ring (bicyclic) bond motifs is 1. The summed E-state index contributed by atoms with van der Waals surface area (Å²) < 4.78 is 0. The Morgan fingerprint density at radius 1 is 1.12 bits per heavy atom. The summed E-state index contributed by atoms with van der Waals surface area (Å²) in [6.07, 6.45) is 4.12. The molecule has 0 unspecified atom stereocenters. The Bertz CT molecular complexity index is 854. The highest BCUT2D eigenvalue weighted by atomic mass is 32.2. The molecule has 0 saturated heterocycles. The van der Waals surface area contributed by atoms with E-state index in [1.54, 1.807) is 0 Å². The second-order valence-electron chi connectivity index (χ2n) is 5.80. The number of hydrogen-bond acceptors (Lipinski definition) is 4. The first-order valence-electron chi connectivity index (χ1n) is 8.34. The highest BCUT2D eigenvalue weighted by Crippen LogP contribution is 2.36. The first-order valence-corrected chi connectivity index (χ1v) is 9.32. The highest BCUT2D eigenvalue weighted by molar-refractivity contribution is 7.99. The van der Waals surface area contributed by atoms with Crippen LogP contribution in [0, 0.1) is 0 Å². The second-order valence-corrected chi connectivity index (χ2v) is 6.90. The fourth-order valence-corrected chi connectivity index (χ4v) is 4.03. The normalized spacial score (nSPS) is 14.1.